The van der Waals surface area contributed by atoms with Gasteiger partial charge in [0.1, 0.15) is 5.75 Å². The van der Waals surface area contributed by atoms with Crippen LogP contribution in [0.25, 0.3) is 0 Å². The average Bonchev–Trinajstić information content (AvgIpc) is 3.27. The van der Waals surface area contributed by atoms with Gasteiger partial charge in [0.05, 0.1) is 6.61 Å². The molecule has 2 heterocycles. The second-order valence-corrected chi connectivity index (χ2v) is 8.47. The van der Waals surface area contributed by atoms with E-state index < -0.39 is 0 Å². The second kappa shape index (κ2) is 9.03. The Morgan fingerprint density at radius 2 is 2.14 bits per heavy atom. The Morgan fingerprint density at radius 1 is 1.31 bits per heavy atom. The highest BCUT2D eigenvalue weighted by Gasteiger charge is 2.42. The van der Waals surface area contributed by atoms with Crippen LogP contribution in [0.15, 0.2) is 29.3 Å². The summed E-state index contributed by atoms with van der Waals surface area (Å²) in [6, 6.07) is 8.34. The molecule has 1 aromatic rings. The number of amides is 1. The Labute approximate surface area is 172 Å². The van der Waals surface area contributed by atoms with Crippen LogP contribution < -0.4 is 15.4 Å². The van der Waals surface area contributed by atoms with Gasteiger partial charge in [-0.05, 0) is 49.8 Å². The maximum absolute atomic E-state index is 11.7. The fraction of sp³-hybridized carbons (Fsp3) is 0.636. The number of carbonyl (C=O) groups is 1. The maximum Gasteiger partial charge on any atom is 0.258 e. The molecule has 7 heteroatoms. The lowest BCUT2D eigenvalue weighted by atomic mass is 9.87. The van der Waals surface area contributed by atoms with Crippen molar-refractivity contribution < 1.29 is 14.3 Å². The topological polar surface area (TPSA) is 75.2 Å². The molecule has 0 aromatic heterocycles. The van der Waals surface area contributed by atoms with E-state index >= 15 is 0 Å². The van der Waals surface area contributed by atoms with Gasteiger partial charge in [-0.3, -0.25) is 9.79 Å². The quantitative estimate of drug-likeness (QED) is 0.537. The molecule has 29 heavy (non-hydrogen) atoms. The molecule has 4 rings (SSSR count). The van der Waals surface area contributed by atoms with Crippen LogP contribution in [0.4, 0.5) is 0 Å². The third-order valence-corrected chi connectivity index (χ3v) is 6.07. The van der Waals surface area contributed by atoms with E-state index in [1.165, 1.54) is 12.0 Å². The predicted octanol–water partition coefficient (Wildman–Crippen LogP) is 1.57. The Balaban J connectivity index is 1.18. The van der Waals surface area contributed by atoms with Crippen LogP contribution >= 0.6 is 0 Å². The van der Waals surface area contributed by atoms with Crippen LogP contribution in [0.1, 0.15) is 31.2 Å². The zero-order valence-electron chi connectivity index (χ0n) is 17.3. The number of nitrogens with one attached hydrogen (secondary N) is 2. The largest absolute Gasteiger partial charge is 0.484 e. The summed E-state index contributed by atoms with van der Waals surface area (Å²) in [5.41, 5.74) is 1.56. The van der Waals surface area contributed by atoms with E-state index in [1.54, 1.807) is 0 Å². The van der Waals surface area contributed by atoms with Crippen molar-refractivity contribution in [2.45, 2.75) is 38.1 Å². The number of benzene rings is 1. The lowest BCUT2D eigenvalue weighted by Gasteiger charge is -2.25. The molecule has 2 aliphatic heterocycles. The number of ether oxygens (including phenoxy) is 2. The minimum Gasteiger partial charge on any atom is -0.484 e. The number of rotatable bonds is 7. The first-order chi connectivity index (χ1) is 14.2. The van der Waals surface area contributed by atoms with Crippen molar-refractivity contribution in [3.8, 4) is 5.75 Å². The average molecular weight is 401 g/mol. The van der Waals surface area contributed by atoms with Crippen LogP contribution in [0, 0.1) is 5.41 Å². The Morgan fingerprint density at radius 3 is 2.83 bits per heavy atom. The Kier molecular flexibility index (Phi) is 6.23. The highest BCUT2D eigenvalue weighted by molar-refractivity contribution is 5.80. The highest BCUT2D eigenvalue weighted by atomic mass is 16.5. The van der Waals surface area contributed by atoms with Gasteiger partial charge in [-0.1, -0.05) is 12.1 Å². The molecule has 7 nitrogen and oxygen atoms in total. The smallest absolute Gasteiger partial charge is 0.258 e. The minimum absolute atomic E-state index is 0.0417. The standard InChI is InChI=1S/C22H32N4O3/c1-23-21(26-12-9-22(15-26)10-13-28-16-22)24-11-8-17-2-6-19(7-3-17)29-14-20(27)25-18-4-5-18/h2-3,6-7,18H,4-5,8-16H2,1H3,(H,23,24)(H,25,27). The molecule has 1 aromatic carbocycles. The zero-order valence-corrected chi connectivity index (χ0v) is 17.3. The van der Waals surface area contributed by atoms with E-state index in [2.05, 4.69) is 32.7 Å². The van der Waals surface area contributed by atoms with Gasteiger partial charge in [-0.25, -0.2) is 0 Å². The van der Waals surface area contributed by atoms with Crippen LogP contribution in [0.5, 0.6) is 5.75 Å². The maximum atomic E-state index is 11.7. The number of guanidine groups is 1. The van der Waals surface area contributed by atoms with Crippen LogP contribution in [0.3, 0.4) is 0 Å². The van der Waals surface area contributed by atoms with Gasteiger partial charge in [-0.15, -0.1) is 0 Å². The lowest BCUT2D eigenvalue weighted by Crippen LogP contribution is -2.42. The van der Waals surface area contributed by atoms with Crippen molar-refractivity contribution in [3.63, 3.8) is 0 Å². The van der Waals surface area contributed by atoms with Gasteiger partial charge >= 0.3 is 0 Å². The summed E-state index contributed by atoms with van der Waals surface area (Å²) in [6.07, 6.45) is 5.44. The molecule has 1 unspecified atom stereocenters. The van der Waals surface area contributed by atoms with E-state index in [-0.39, 0.29) is 12.5 Å². The first kappa shape index (κ1) is 20.0. The van der Waals surface area contributed by atoms with Gasteiger partial charge in [0.25, 0.3) is 5.91 Å². The molecule has 1 amide bonds. The molecule has 2 N–H and O–H groups in total. The normalized spacial score (nSPS) is 24.2. The van der Waals surface area contributed by atoms with Crippen molar-refractivity contribution in [2.24, 2.45) is 10.4 Å². The van der Waals surface area contributed by atoms with E-state index in [0.717, 1.165) is 70.2 Å². The first-order valence-electron chi connectivity index (χ1n) is 10.7. The predicted molar refractivity (Wildman–Crippen MR) is 112 cm³/mol. The van der Waals surface area contributed by atoms with Gasteiger partial charge < -0.3 is 25.0 Å². The summed E-state index contributed by atoms with van der Waals surface area (Å²) in [4.78, 5) is 18.5. The highest BCUT2D eigenvalue weighted by Crippen LogP contribution is 2.38. The van der Waals surface area contributed by atoms with Crippen molar-refractivity contribution in [2.75, 3.05) is 46.5 Å². The molecule has 1 atom stereocenters. The van der Waals surface area contributed by atoms with Crippen LogP contribution in [0.2, 0.25) is 0 Å². The van der Waals surface area contributed by atoms with Crippen molar-refractivity contribution in [1.29, 1.82) is 0 Å². The molecule has 3 fully saturated rings. The third kappa shape index (κ3) is 5.41. The van der Waals surface area contributed by atoms with Gasteiger partial charge in [0.2, 0.25) is 0 Å². The van der Waals surface area contributed by atoms with E-state index in [9.17, 15) is 4.79 Å². The van der Waals surface area contributed by atoms with Crippen molar-refractivity contribution >= 4 is 11.9 Å². The number of carbonyl (C=O) groups excluding carboxylic acids is 1. The first-order valence-corrected chi connectivity index (χ1v) is 10.7. The van der Waals surface area contributed by atoms with Crippen molar-refractivity contribution in [3.05, 3.63) is 29.8 Å². The Hall–Kier alpha value is -2.28. The van der Waals surface area contributed by atoms with Gasteiger partial charge in [0, 0.05) is 44.7 Å². The SMILES string of the molecule is CN=C(NCCc1ccc(OCC(=O)NC2CC2)cc1)N1CCC2(CCOC2)C1. The number of hydrogen-bond acceptors (Lipinski definition) is 4. The molecule has 1 saturated carbocycles. The van der Waals surface area contributed by atoms with Crippen LogP contribution in [-0.2, 0) is 16.0 Å². The second-order valence-electron chi connectivity index (χ2n) is 8.47. The minimum atomic E-state index is -0.0417. The molecule has 3 aliphatic rings. The molecular formula is C22H32N4O3. The van der Waals surface area contributed by atoms with Gasteiger partial charge in [-0.2, -0.15) is 0 Å². The number of likely N-dealkylation sites (tertiary alicyclic amines) is 1. The number of hydrogen-bond donors (Lipinski definition) is 2. The zero-order chi connectivity index (χ0) is 20.1. The molecular weight excluding hydrogens is 368 g/mol. The van der Waals surface area contributed by atoms with Crippen LogP contribution in [-0.4, -0.2) is 69.3 Å². The molecule has 0 radical (unpaired) electrons. The molecule has 1 spiro atoms. The summed E-state index contributed by atoms with van der Waals surface area (Å²) < 4.78 is 11.2. The summed E-state index contributed by atoms with van der Waals surface area (Å²) in [5.74, 6) is 1.67. The monoisotopic (exact) mass is 400 g/mol. The summed E-state index contributed by atoms with van der Waals surface area (Å²) in [5, 5.41) is 6.42. The van der Waals surface area contributed by atoms with E-state index in [1.807, 2.05) is 19.2 Å². The Bertz CT molecular complexity index is 724. The van der Waals surface area contributed by atoms with E-state index in [0.29, 0.717) is 11.5 Å². The summed E-state index contributed by atoms with van der Waals surface area (Å²) in [7, 11) is 1.85. The fourth-order valence-electron chi connectivity index (χ4n) is 4.14. The fourth-order valence-corrected chi connectivity index (χ4v) is 4.14. The third-order valence-electron chi connectivity index (χ3n) is 6.07. The molecule has 158 valence electrons. The number of nitrogens with zero attached hydrogens (tertiary/aromatic N) is 2. The summed E-state index contributed by atoms with van der Waals surface area (Å²) >= 11 is 0. The lowest BCUT2D eigenvalue weighted by molar-refractivity contribution is -0.123. The van der Waals surface area contributed by atoms with Crippen molar-refractivity contribution in [1.82, 2.24) is 15.5 Å². The molecule has 1 aliphatic carbocycles. The summed E-state index contributed by atoms with van der Waals surface area (Å²) in [6.45, 7) is 4.77. The molecule has 2 saturated heterocycles. The van der Waals surface area contributed by atoms with Gasteiger partial charge in [0.15, 0.2) is 12.6 Å². The number of aliphatic imine (C=N–C) groups is 1. The molecule has 0 bridgehead atoms. The van der Waals surface area contributed by atoms with E-state index in [4.69, 9.17) is 9.47 Å².